The molecule has 186 valence electrons. The Morgan fingerprint density at radius 1 is 0.350 bits per heavy atom. The van der Waals surface area contributed by atoms with E-state index in [1.807, 2.05) is 24.3 Å². The lowest BCUT2D eigenvalue weighted by Gasteiger charge is -2.20. The molecule has 0 bridgehead atoms. The molecule has 0 N–H and O–H groups in total. The Labute approximate surface area is 253 Å². The topological polar surface area (TPSA) is 0 Å². The molecule has 0 nitrogen and oxygen atoms in total. The lowest BCUT2D eigenvalue weighted by atomic mass is 9.83. The molecule has 0 aliphatic heterocycles. The first-order valence-electron chi connectivity index (χ1n) is 19.7. The van der Waals surface area contributed by atoms with Crippen LogP contribution in [0.25, 0.3) is 76.5 Å². The van der Waals surface area contributed by atoms with Gasteiger partial charge in [0.1, 0.15) is 0 Å². The second-order valence-electron chi connectivity index (χ2n) is 9.39. The molecule has 0 spiro atoms. The van der Waals surface area contributed by atoms with E-state index >= 15 is 0 Å². The molecule has 0 saturated heterocycles. The third kappa shape index (κ3) is 3.54. The van der Waals surface area contributed by atoms with Crippen molar-refractivity contribution in [2.24, 2.45) is 0 Å². The van der Waals surface area contributed by atoms with Crippen LogP contribution in [0.1, 0.15) is 19.2 Å². The largest absolute Gasteiger partial charge is 0.0636 e. The molecule has 0 aromatic heterocycles. The van der Waals surface area contributed by atoms with Gasteiger partial charge in [0.15, 0.2) is 0 Å². The molecular weight excluding hydrogens is 480 g/mol. The van der Waals surface area contributed by atoms with Crippen molar-refractivity contribution in [3.63, 3.8) is 0 Å². The van der Waals surface area contributed by atoms with Gasteiger partial charge in [0.05, 0.1) is 19.2 Å². The van der Waals surface area contributed by atoms with Gasteiger partial charge in [0, 0.05) is 0 Å². The smallest absolute Gasteiger partial charge is 0.0616 e. The van der Waals surface area contributed by atoms with E-state index in [0.717, 1.165) is 0 Å². The van der Waals surface area contributed by atoms with E-state index in [1.165, 1.54) is 0 Å². The minimum atomic E-state index is -0.555. The summed E-state index contributed by atoms with van der Waals surface area (Å²) in [7, 11) is 0. The zero-order chi connectivity index (χ0) is 38.7. The Bertz CT molecular complexity index is 2920. The number of fused-ring (bicyclic) bond motifs is 4. The third-order valence-electron chi connectivity index (χ3n) is 7.21. The fraction of sp³-hybridized carbons (Fsp3) is 0. The first kappa shape index (κ1) is 12.8. The van der Waals surface area contributed by atoms with Crippen LogP contribution >= 0.6 is 0 Å². The van der Waals surface area contributed by atoms with Crippen LogP contribution in [0.3, 0.4) is 0 Å². The lowest BCUT2D eigenvalue weighted by molar-refractivity contribution is 1.63. The molecule has 0 amide bonds. The number of hydrogen-bond acceptors (Lipinski definition) is 0. The van der Waals surface area contributed by atoms with E-state index in [-0.39, 0.29) is 50.8 Å². The maximum absolute atomic E-state index is 9.37. The Hall–Kier alpha value is -5.20. The molecule has 0 heteroatoms. The molecule has 0 atom stereocenters. The van der Waals surface area contributed by atoms with Crippen LogP contribution < -0.4 is 0 Å². The van der Waals surface area contributed by atoms with Crippen molar-refractivity contribution in [3.8, 4) is 33.4 Å². The fourth-order valence-electron chi connectivity index (χ4n) is 5.53. The molecule has 0 fully saturated rings. The van der Waals surface area contributed by atoms with Gasteiger partial charge in [-0.3, -0.25) is 0 Å². The molecule has 0 heterocycles. The van der Waals surface area contributed by atoms with E-state index in [1.54, 1.807) is 48.5 Å². The highest BCUT2D eigenvalue weighted by Gasteiger charge is 2.19. The van der Waals surface area contributed by atoms with Gasteiger partial charge in [-0.05, 0) is 82.5 Å². The molecule has 0 unspecified atom stereocenters. The Balaban J connectivity index is 1.56. The van der Waals surface area contributed by atoms with Crippen LogP contribution in [-0.2, 0) is 0 Å². The standard InChI is InChI=1S/C40H26/c1-2-14-29-26-30(25-24-27(29)12-1)39-35-19-7-9-21-37(35)40(38-22-10-8-20-36(38)39)34-18-6-5-17-33(34)32-23-11-15-28-13-3-4-16-31(28)32/h1-26H/i1D,2D,3D,4D,11D,12D,13D,14D,15D,16D,23D,24D,25D,26D. The van der Waals surface area contributed by atoms with E-state index in [9.17, 15) is 2.74 Å². The Morgan fingerprint density at radius 2 is 0.900 bits per heavy atom. The minimum absolute atomic E-state index is 0.0186. The van der Waals surface area contributed by atoms with Crippen LogP contribution in [0.2, 0.25) is 0 Å². The SMILES string of the molecule is [2H]c1c([2H])c([2H])c2c([2H])c(-c3c4ccccc4c(-c4ccccc4-c4c([2H])c([2H])c([2H])c5c([2H])c([2H])c([2H])c([2H])c45)c4ccccc34)c([2H])c([2H])c2c1[2H]. The highest BCUT2D eigenvalue weighted by Crippen LogP contribution is 2.46. The van der Waals surface area contributed by atoms with Crippen molar-refractivity contribution in [1.82, 2.24) is 0 Å². The van der Waals surface area contributed by atoms with Gasteiger partial charge in [-0.25, -0.2) is 0 Å². The molecule has 8 rings (SSSR count). The van der Waals surface area contributed by atoms with Gasteiger partial charge in [-0.15, -0.1) is 0 Å². The summed E-state index contributed by atoms with van der Waals surface area (Å²) in [4.78, 5) is 0. The number of hydrogen-bond donors (Lipinski definition) is 0. The van der Waals surface area contributed by atoms with Gasteiger partial charge in [-0.2, -0.15) is 0 Å². The maximum Gasteiger partial charge on any atom is 0.0636 e. The molecule has 8 aromatic rings. The molecule has 8 aromatic carbocycles. The van der Waals surface area contributed by atoms with Crippen LogP contribution in [0.5, 0.6) is 0 Å². The molecule has 40 heavy (non-hydrogen) atoms. The molecule has 0 saturated carbocycles. The van der Waals surface area contributed by atoms with Crippen LogP contribution in [0.15, 0.2) is 157 Å². The predicted octanol–water partition coefficient (Wildman–Crippen LogP) is 11.3. The first-order chi connectivity index (χ1) is 25.7. The summed E-state index contributed by atoms with van der Waals surface area (Å²) in [6.07, 6.45) is 0. The van der Waals surface area contributed by atoms with Crippen molar-refractivity contribution in [2.75, 3.05) is 0 Å². The summed E-state index contributed by atoms with van der Waals surface area (Å²) in [6, 6.07) is 14.9. The zero-order valence-corrected chi connectivity index (χ0v) is 20.9. The van der Waals surface area contributed by atoms with Crippen molar-refractivity contribution in [1.29, 1.82) is 0 Å². The highest BCUT2D eigenvalue weighted by atomic mass is 14.2. The summed E-state index contributed by atoms with van der Waals surface area (Å²) < 4.78 is 122. The van der Waals surface area contributed by atoms with E-state index in [4.69, 9.17) is 16.4 Å². The van der Waals surface area contributed by atoms with E-state index in [2.05, 4.69) is 0 Å². The summed E-state index contributed by atoms with van der Waals surface area (Å²) in [5, 5.41) is 1.78. The van der Waals surface area contributed by atoms with Crippen molar-refractivity contribution in [2.45, 2.75) is 0 Å². The van der Waals surface area contributed by atoms with E-state index in [0.29, 0.717) is 43.8 Å². The highest BCUT2D eigenvalue weighted by molar-refractivity contribution is 6.23. The van der Waals surface area contributed by atoms with Gasteiger partial charge in [0.2, 0.25) is 0 Å². The van der Waals surface area contributed by atoms with Crippen molar-refractivity contribution < 1.29 is 19.2 Å². The van der Waals surface area contributed by atoms with Crippen molar-refractivity contribution >= 4 is 43.1 Å². The second-order valence-corrected chi connectivity index (χ2v) is 9.39. The molecule has 0 radical (unpaired) electrons. The summed E-state index contributed by atoms with van der Waals surface area (Å²) >= 11 is 0. The quantitative estimate of drug-likeness (QED) is 0.203. The van der Waals surface area contributed by atoms with Crippen molar-refractivity contribution in [3.05, 3.63) is 157 Å². The molecule has 0 aliphatic rings. The molecule has 0 aliphatic carbocycles. The average Bonchev–Trinajstić information content (AvgIpc) is 3.17. The third-order valence-corrected chi connectivity index (χ3v) is 7.21. The first-order valence-corrected chi connectivity index (χ1v) is 12.7. The lowest BCUT2D eigenvalue weighted by Crippen LogP contribution is -1.93. The Morgan fingerprint density at radius 3 is 1.62 bits per heavy atom. The average molecular weight is 521 g/mol. The predicted molar refractivity (Wildman–Crippen MR) is 173 cm³/mol. The van der Waals surface area contributed by atoms with Crippen LogP contribution in [0, 0.1) is 0 Å². The number of rotatable bonds is 3. The summed E-state index contributed by atoms with van der Waals surface area (Å²) in [5.41, 5.74) is 2.06. The van der Waals surface area contributed by atoms with Gasteiger partial charge >= 0.3 is 0 Å². The monoisotopic (exact) mass is 520 g/mol. The number of benzene rings is 8. The van der Waals surface area contributed by atoms with Crippen LogP contribution in [-0.4, -0.2) is 0 Å². The van der Waals surface area contributed by atoms with E-state index < -0.39 is 66.5 Å². The van der Waals surface area contributed by atoms with Gasteiger partial charge < -0.3 is 0 Å². The fourth-order valence-corrected chi connectivity index (χ4v) is 5.53. The summed E-state index contributed by atoms with van der Waals surface area (Å²) in [5.74, 6) is 0. The van der Waals surface area contributed by atoms with Crippen LogP contribution in [0.4, 0.5) is 0 Å². The second kappa shape index (κ2) is 9.22. The summed E-state index contributed by atoms with van der Waals surface area (Å²) in [6.45, 7) is 0. The minimum Gasteiger partial charge on any atom is -0.0616 e. The zero-order valence-electron chi connectivity index (χ0n) is 34.9. The molecular formula is C40H26. The normalized spacial score (nSPS) is 16.4. The van der Waals surface area contributed by atoms with Gasteiger partial charge in [0.25, 0.3) is 0 Å². The maximum atomic E-state index is 9.37. The van der Waals surface area contributed by atoms with Gasteiger partial charge in [-0.1, -0.05) is 151 Å². The Kier molecular flexibility index (Phi) is 2.94.